The zero-order chi connectivity index (χ0) is 22.2. The average molecular weight is 423 g/mol. The summed E-state index contributed by atoms with van der Waals surface area (Å²) in [6.07, 6.45) is 17.0. The molecule has 4 heteroatoms. The molecule has 0 fully saturated rings. The SMILES string of the molecule is CC(C)CCCCCCOC(=O)C1(C(=O)OCCCCCCC(C)C)C=CCCC1. The van der Waals surface area contributed by atoms with Gasteiger partial charge in [0.1, 0.15) is 0 Å². The number of allylic oxidation sites excluding steroid dienone is 1. The number of rotatable bonds is 16. The lowest BCUT2D eigenvalue weighted by Crippen LogP contribution is -2.41. The Balaban J connectivity index is 2.35. The molecule has 0 unspecified atom stereocenters. The normalized spacial score (nSPS) is 15.5. The van der Waals surface area contributed by atoms with E-state index in [1.54, 1.807) is 6.08 Å². The molecule has 0 saturated carbocycles. The summed E-state index contributed by atoms with van der Waals surface area (Å²) >= 11 is 0. The van der Waals surface area contributed by atoms with Crippen LogP contribution >= 0.6 is 0 Å². The highest BCUT2D eigenvalue weighted by Crippen LogP contribution is 2.34. The Labute approximate surface area is 185 Å². The second kappa shape index (κ2) is 15.5. The van der Waals surface area contributed by atoms with Gasteiger partial charge in [0.25, 0.3) is 0 Å². The van der Waals surface area contributed by atoms with Crippen LogP contribution in [0.25, 0.3) is 0 Å². The second-order valence-corrected chi connectivity index (χ2v) is 9.73. The summed E-state index contributed by atoms with van der Waals surface area (Å²) in [4.78, 5) is 25.6. The van der Waals surface area contributed by atoms with Crippen LogP contribution in [0.4, 0.5) is 0 Å². The first kappa shape index (κ1) is 26.7. The Hall–Kier alpha value is -1.32. The predicted molar refractivity (Wildman–Crippen MR) is 123 cm³/mol. The van der Waals surface area contributed by atoms with Gasteiger partial charge in [-0.1, -0.05) is 91.2 Å². The van der Waals surface area contributed by atoms with Crippen molar-refractivity contribution >= 4 is 11.9 Å². The van der Waals surface area contributed by atoms with E-state index in [9.17, 15) is 9.59 Å². The number of hydrogen-bond donors (Lipinski definition) is 0. The molecule has 4 nitrogen and oxygen atoms in total. The molecule has 0 saturated heterocycles. The van der Waals surface area contributed by atoms with E-state index in [1.165, 1.54) is 38.5 Å². The van der Waals surface area contributed by atoms with Gasteiger partial charge in [0.15, 0.2) is 5.41 Å². The number of ether oxygens (including phenoxy) is 2. The molecule has 1 rings (SSSR count). The first-order valence-electron chi connectivity index (χ1n) is 12.4. The van der Waals surface area contributed by atoms with Gasteiger partial charge in [0.05, 0.1) is 13.2 Å². The van der Waals surface area contributed by atoms with Crippen molar-refractivity contribution in [3.63, 3.8) is 0 Å². The Morgan fingerprint density at radius 1 is 0.767 bits per heavy atom. The molecule has 0 aliphatic heterocycles. The summed E-state index contributed by atoms with van der Waals surface area (Å²) < 4.78 is 11.0. The summed E-state index contributed by atoms with van der Waals surface area (Å²) in [5.74, 6) is 0.629. The average Bonchev–Trinajstić information content (AvgIpc) is 2.72. The van der Waals surface area contributed by atoms with Crippen molar-refractivity contribution in [2.24, 2.45) is 17.3 Å². The van der Waals surface area contributed by atoms with E-state index >= 15 is 0 Å². The molecule has 0 radical (unpaired) electrons. The monoisotopic (exact) mass is 422 g/mol. The number of hydrogen-bond acceptors (Lipinski definition) is 4. The zero-order valence-corrected chi connectivity index (χ0v) is 20.0. The van der Waals surface area contributed by atoms with Crippen molar-refractivity contribution < 1.29 is 19.1 Å². The van der Waals surface area contributed by atoms with Gasteiger partial charge in [-0.15, -0.1) is 0 Å². The largest absolute Gasteiger partial charge is 0.465 e. The van der Waals surface area contributed by atoms with Crippen LogP contribution in [0.2, 0.25) is 0 Å². The lowest BCUT2D eigenvalue weighted by Gasteiger charge is -2.28. The molecule has 0 spiro atoms. The molecule has 0 amide bonds. The maximum atomic E-state index is 12.8. The first-order chi connectivity index (χ1) is 14.4. The van der Waals surface area contributed by atoms with Gasteiger partial charge < -0.3 is 9.47 Å². The summed E-state index contributed by atoms with van der Waals surface area (Å²) in [6, 6.07) is 0. The number of carbonyl (C=O) groups is 2. The quantitative estimate of drug-likeness (QED) is 0.116. The zero-order valence-electron chi connectivity index (χ0n) is 20.0. The molecule has 30 heavy (non-hydrogen) atoms. The number of esters is 2. The fraction of sp³-hybridized carbons (Fsp3) is 0.846. The van der Waals surface area contributed by atoms with Crippen LogP contribution in [-0.2, 0) is 19.1 Å². The Morgan fingerprint density at radius 3 is 1.63 bits per heavy atom. The maximum absolute atomic E-state index is 12.8. The number of carbonyl (C=O) groups excluding carboxylic acids is 2. The fourth-order valence-corrected chi connectivity index (χ4v) is 3.89. The van der Waals surface area contributed by atoms with Gasteiger partial charge in [0.2, 0.25) is 0 Å². The van der Waals surface area contributed by atoms with E-state index in [1.807, 2.05) is 6.08 Å². The number of unbranched alkanes of at least 4 members (excludes halogenated alkanes) is 6. The first-order valence-corrected chi connectivity index (χ1v) is 12.4. The molecule has 0 bridgehead atoms. The van der Waals surface area contributed by atoms with Crippen LogP contribution in [0.5, 0.6) is 0 Å². The van der Waals surface area contributed by atoms with Crippen molar-refractivity contribution in [1.82, 2.24) is 0 Å². The third-order valence-electron chi connectivity index (χ3n) is 5.89. The van der Waals surface area contributed by atoms with Gasteiger partial charge >= 0.3 is 11.9 Å². The van der Waals surface area contributed by atoms with Crippen molar-refractivity contribution in [1.29, 1.82) is 0 Å². The van der Waals surface area contributed by atoms with Crippen LogP contribution in [0, 0.1) is 17.3 Å². The van der Waals surface area contributed by atoms with Crippen molar-refractivity contribution in [3.05, 3.63) is 12.2 Å². The molecule has 0 aromatic rings. The second-order valence-electron chi connectivity index (χ2n) is 9.73. The molecular formula is C26H46O4. The van der Waals surface area contributed by atoms with E-state index in [0.29, 0.717) is 19.6 Å². The predicted octanol–water partition coefficient (Wildman–Crippen LogP) is 7.01. The van der Waals surface area contributed by atoms with E-state index in [2.05, 4.69) is 27.7 Å². The summed E-state index contributed by atoms with van der Waals surface area (Å²) in [6.45, 7) is 9.74. The van der Waals surface area contributed by atoms with Crippen LogP contribution in [0.1, 0.15) is 111 Å². The Bertz CT molecular complexity index is 473. The van der Waals surface area contributed by atoms with Gasteiger partial charge in [-0.2, -0.15) is 0 Å². The molecule has 0 aromatic heterocycles. The van der Waals surface area contributed by atoms with E-state index in [0.717, 1.165) is 50.4 Å². The minimum atomic E-state index is -1.23. The highest BCUT2D eigenvalue weighted by molar-refractivity contribution is 6.02. The minimum absolute atomic E-state index is 0.388. The van der Waals surface area contributed by atoms with Crippen molar-refractivity contribution in [3.8, 4) is 0 Å². The van der Waals surface area contributed by atoms with Gasteiger partial charge in [0, 0.05) is 0 Å². The molecule has 1 aliphatic carbocycles. The third kappa shape index (κ3) is 10.6. The van der Waals surface area contributed by atoms with Crippen LogP contribution in [0.15, 0.2) is 12.2 Å². The highest BCUT2D eigenvalue weighted by atomic mass is 16.6. The van der Waals surface area contributed by atoms with Crippen LogP contribution in [-0.4, -0.2) is 25.2 Å². The van der Waals surface area contributed by atoms with E-state index in [4.69, 9.17) is 9.47 Å². The summed E-state index contributed by atoms with van der Waals surface area (Å²) in [5, 5.41) is 0. The van der Waals surface area contributed by atoms with Crippen molar-refractivity contribution in [2.45, 2.75) is 111 Å². The standard InChI is InChI=1S/C26H46O4/c1-22(2)16-10-5-7-14-20-29-24(27)26(18-12-9-13-19-26)25(28)30-21-15-8-6-11-17-23(3)4/h12,18,22-23H,5-11,13-17,19-21H2,1-4H3. The molecule has 0 heterocycles. The van der Waals surface area contributed by atoms with E-state index < -0.39 is 17.4 Å². The minimum Gasteiger partial charge on any atom is -0.465 e. The summed E-state index contributed by atoms with van der Waals surface area (Å²) in [7, 11) is 0. The molecule has 0 atom stereocenters. The molecule has 1 aliphatic rings. The van der Waals surface area contributed by atoms with Gasteiger partial charge in [-0.05, 0) is 43.9 Å². The topological polar surface area (TPSA) is 52.6 Å². The lowest BCUT2D eigenvalue weighted by atomic mass is 9.79. The van der Waals surface area contributed by atoms with Gasteiger partial charge in [-0.3, -0.25) is 9.59 Å². The molecular weight excluding hydrogens is 376 g/mol. The van der Waals surface area contributed by atoms with Gasteiger partial charge in [-0.25, -0.2) is 0 Å². The van der Waals surface area contributed by atoms with Crippen LogP contribution < -0.4 is 0 Å². The summed E-state index contributed by atoms with van der Waals surface area (Å²) in [5.41, 5.74) is -1.23. The fourth-order valence-electron chi connectivity index (χ4n) is 3.89. The third-order valence-corrected chi connectivity index (χ3v) is 5.89. The van der Waals surface area contributed by atoms with Crippen molar-refractivity contribution in [2.75, 3.05) is 13.2 Å². The molecule has 0 aromatic carbocycles. The molecule has 174 valence electrons. The smallest absolute Gasteiger partial charge is 0.327 e. The maximum Gasteiger partial charge on any atom is 0.327 e. The van der Waals surface area contributed by atoms with E-state index in [-0.39, 0.29) is 0 Å². The Kier molecular flexibility index (Phi) is 13.8. The Morgan fingerprint density at radius 2 is 1.23 bits per heavy atom. The molecule has 0 N–H and O–H groups in total. The lowest BCUT2D eigenvalue weighted by molar-refractivity contribution is -0.169. The van der Waals surface area contributed by atoms with Crippen LogP contribution in [0.3, 0.4) is 0 Å². The highest BCUT2D eigenvalue weighted by Gasteiger charge is 2.47.